The molecule has 1 saturated heterocycles. The number of esters is 1. The molecule has 1 rings (SSSR count). The molecule has 1 amide bonds. The molecule has 0 aromatic carbocycles. The van der Waals surface area contributed by atoms with Crippen LogP contribution < -0.4 is 10.8 Å². The highest BCUT2D eigenvalue weighted by atomic mass is 19.3. The minimum Gasteiger partial charge on any atom is -0.530 e. The van der Waals surface area contributed by atoms with Gasteiger partial charge in [0.2, 0.25) is 0 Å². The summed E-state index contributed by atoms with van der Waals surface area (Å²) in [5.74, 6) is -4.33. The lowest BCUT2D eigenvalue weighted by Crippen LogP contribution is -2.57. The fourth-order valence-electron chi connectivity index (χ4n) is 2.21. The van der Waals surface area contributed by atoms with E-state index in [1.807, 2.05) is 0 Å². The Hall–Kier alpha value is -1.70. The molecule has 0 aliphatic carbocycles. The number of nitrogens with two attached hydrogens (primary N) is 1. The fraction of sp³-hybridized carbons (Fsp3) is 0.636. The maximum atomic E-state index is 13.5. The maximum Gasteiger partial charge on any atom is 0.332 e. The Morgan fingerprint density at radius 2 is 2.11 bits per heavy atom. The number of halogens is 2. The Balaban J connectivity index is 3.16. The minimum absolute atomic E-state index is 0.152. The molecule has 0 saturated carbocycles. The van der Waals surface area contributed by atoms with Gasteiger partial charge in [0.25, 0.3) is 5.92 Å². The summed E-state index contributed by atoms with van der Waals surface area (Å²) >= 11 is 0. The molecule has 8 heteroatoms. The van der Waals surface area contributed by atoms with E-state index in [1.54, 1.807) is 0 Å². The van der Waals surface area contributed by atoms with Crippen molar-refractivity contribution in [2.45, 2.75) is 24.3 Å². The van der Waals surface area contributed by atoms with Gasteiger partial charge in [0.1, 0.15) is 11.6 Å². The molecule has 6 nitrogen and oxygen atoms in total. The molecule has 1 atom stereocenters. The second-order valence-corrected chi connectivity index (χ2v) is 4.32. The normalized spacial score (nSPS) is 25.8. The van der Waals surface area contributed by atoms with Gasteiger partial charge < -0.3 is 25.3 Å². The van der Waals surface area contributed by atoms with Gasteiger partial charge in [-0.1, -0.05) is 12.2 Å². The van der Waals surface area contributed by atoms with Crippen LogP contribution in [0.3, 0.4) is 0 Å². The highest BCUT2D eigenvalue weighted by Crippen LogP contribution is 2.42. The molecule has 0 spiro atoms. The second-order valence-electron chi connectivity index (χ2n) is 4.32. The van der Waals surface area contributed by atoms with E-state index < -0.39 is 36.5 Å². The number of alkyl halides is 2. The number of likely N-dealkylation sites (tertiary alicyclic amines) is 1. The lowest BCUT2D eigenvalue weighted by atomic mass is 9.91. The Morgan fingerprint density at radius 1 is 1.47 bits per heavy atom. The van der Waals surface area contributed by atoms with Crippen LogP contribution in [0.4, 0.5) is 13.6 Å². The molecule has 2 N–H and O–H groups in total. The zero-order valence-corrected chi connectivity index (χ0v) is 10.4. The summed E-state index contributed by atoms with van der Waals surface area (Å²) in [6.07, 6.45) is -0.164. The molecule has 0 aromatic rings. The van der Waals surface area contributed by atoms with E-state index in [0.717, 1.165) is 7.11 Å². The van der Waals surface area contributed by atoms with Gasteiger partial charge in [-0.25, -0.2) is 13.6 Å². The number of methoxy groups -OCH3 is 1. The first-order valence-corrected chi connectivity index (χ1v) is 5.59. The Bertz CT molecular complexity index is 400. The van der Waals surface area contributed by atoms with E-state index in [2.05, 4.69) is 4.74 Å². The molecule has 0 bridgehead atoms. The number of carbonyl (C=O) groups is 2. The van der Waals surface area contributed by atoms with Crippen molar-refractivity contribution in [3.8, 4) is 0 Å². The number of hydrogen-bond acceptors (Lipinski definition) is 5. The van der Waals surface area contributed by atoms with Crippen molar-refractivity contribution in [1.82, 2.24) is 4.90 Å². The highest BCUT2D eigenvalue weighted by Gasteiger charge is 2.59. The summed E-state index contributed by atoms with van der Waals surface area (Å²) in [7, 11) is 1.01. The largest absolute Gasteiger partial charge is 0.530 e. The smallest absolute Gasteiger partial charge is 0.332 e. The van der Waals surface area contributed by atoms with Crippen LogP contribution in [0.1, 0.15) is 12.8 Å². The van der Waals surface area contributed by atoms with Crippen LogP contribution >= 0.6 is 0 Å². The van der Waals surface area contributed by atoms with Crippen molar-refractivity contribution in [1.29, 1.82) is 0 Å². The first kappa shape index (κ1) is 15.4. The van der Waals surface area contributed by atoms with Crippen LogP contribution in [0, 0.1) is 0 Å². The molecule has 1 unspecified atom stereocenters. The number of carboxylic acid groups (broad SMARTS) is 1. The number of amides is 1. The Kier molecular flexibility index (Phi) is 4.46. The van der Waals surface area contributed by atoms with Crippen LogP contribution in [-0.2, 0) is 9.53 Å². The predicted molar refractivity (Wildman–Crippen MR) is 59.2 cm³/mol. The third-order valence-corrected chi connectivity index (χ3v) is 3.00. The molecule has 108 valence electrons. The predicted octanol–water partition coefficient (Wildman–Crippen LogP) is -0.512. The van der Waals surface area contributed by atoms with E-state index in [0.29, 0.717) is 4.90 Å². The summed E-state index contributed by atoms with van der Waals surface area (Å²) in [6, 6.07) is 0. The molecule has 19 heavy (non-hydrogen) atoms. The minimum atomic E-state index is -3.30. The SMILES string of the molecule is COC(=O)C1(C/C=C\CN)CC(F)(F)CN1C(=O)[O-]. The van der Waals surface area contributed by atoms with Gasteiger partial charge >= 0.3 is 5.97 Å². The molecule has 0 aromatic heterocycles. The number of nitrogens with zero attached hydrogens (tertiary/aromatic N) is 1. The highest BCUT2D eigenvalue weighted by molar-refractivity contribution is 5.86. The summed E-state index contributed by atoms with van der Waals surface area (Å²) in [5.41, 5.74) is 3.26. The summed E-state index contributed by atoms with van der Waals surface area (Å²) < 4.78 is 31.4. The van der Waals surface area contributed by atoms with Crippen LogP contribution in [0.5, 0.6) is 0 Å². The topological polar surface area (TPSA) is 95.7 Å². The van der Waals surface area contributed by atoms with E-state index >= 15 is 0 Å². The number of ether oxygens (including phenoxy) is 1. The molecule has 1 fully saturated rings. The van der Waals surface area contributed by atoms with E-state index in [-0.39, 0.29) is 13.0 Å². The van der Waals surface area contributed by atoms with Gasteiger partial charge in [-0.15, -0.1) is 0 Å². The van der Waals surface area contributed by atoms with Gasteiger partial charge in [-0.2, -0.15) is 0 Å². The molecule has 1 heterocycles. The summed E-state index contributed by atoms with van der Waals surface area (Å²) in [6.45, 7) is -0.931. The van der Waals surface area contributed by atoms with Crippen LogP contribution in [-0.4, -0.2) is 48.6 Å². The number of hydrogen-bond donors (Lipinski definition) is 1. The van der Waals surface area contributed by atoms with Gasteiger partial charge in [0.05, 0.1) is 13.7 Å². The zero-order valence-electron chi connectivity index (χ0n) is 10.4. The summed E-state index contributed by atoms with van der Waals surface area (Å²) in [5, 5.41) is 11.0. The van der Waals surface area contributed by atoms with Crippen molar-refractivity contribution < 1.29 is 28.2 Å². The maximum absolute atomic E-state index is 13.5. The second kappa shape index (κ2) is 5.52. The summed E-state index contributed by atoms with van der Waals surface area (Å²) in [4.78, 5) is 23.1. The third kappa shape index (κ3) is 3.01. The number of rotatable bonds is 4. The Morgan fingerprint density at radius 3 is 2.58 bits per heavy atom. The standard InChI is InChI=1S/C11H16F2N2O4/c1-19-8(16)10(4-2-3-5-14)6-11(12,13)7-15(10)9(17)18/h2-3H,4-7,14H2,1H3,(H,17,18)/p-1/b3-2-. The van der Waals surface area contributed by atoms with Crippen LogP contribution in [0.25, 0.3) is 0 Å². The molecule has 1 aliphatic rings. The van der Waals surface area contributed by atoms with Gasteiger partial charge in [0, 0.05) is 13.0 Å². The average molecular weight is 277 g/mol. The van der Waals surface area contributed by atoms with Crippen molar-refractivity contribution in [3.05, 3.63) is 12.2 Å². The third-order valence-electron chi connectivity index (χ3n) is 3.00. The van der Waals surface area contributed by atoms with E-state index in [1.165, 1.54) is 12.2 Å². The fourth-order valence-corrected chi connectivity index (χ4v) is 2.21. The van der Waals surface area contributed by atoms with Gasteiger partial charge in [-0.05, 0) is 6.42 Å². The number of carbonyl (C=O) groups excluding carboxylic acids is 2. The lowest BCUT2D eigenvalue weighted by Gasteiger charge is -2.36. The molecular weight excluding hydrogens is 262 g/mol. The first-order valence-electron chi connectivity index (χ1n) is 5.59. The van der Waals surface area contributed by atoms with Crippen molar-refractivity contribution in [3.63, 3.8) is 0 Å². The quantitative estimate of drug-likeness (QED) is 0.551. The van der Waals surface area contributed by atoms with Crippen molar-refractivity contribution >= 4 is 12.1 Å². The molecule has 1 aliphatic heterocycles. The van der Waals surface area contributed by atoms with Crippen LogP contribution in [0.2, 0.25) is 0 Å². The van der Waals surface area contributed by atoms with Gasteiger partial charge in [0.15, 0.2) is 0 Å². The average Bonchev–Trinajstić information content (AvgIpc) is 2.61. The first-order chi connectivity index (χ1) is 8.79. The van der Waals surface area contributed by atoms with E-state index in [4.69, 9.17) is 5.73 Å². The zero-order chi connectivity index (χ0) is 14.7. The van der Waals surface area contributed by atoms with Gasteiger partial charge in [-0.3, -0.25) is 0 Å². The van der Waals surface area contributed by atoms with Crippen LogP contribution in [0.15, 0.2) is 12.2 Å². The monoisotopic (exact) mass is 277 g/mol. The Labute approximate surface area is 108 Å². The molecular formula is C11H15F2N2O4-. The van der Waals surface area contributed by atoms with E-state index in [9.17, 15) is 23.5 Å². The van der Waals surface area contributed by atoms with Crippen molar-refractivity contribution in [2.24, 2.45) is 5.73 Å². The lowest BCUT2D eigenvalue weighted by molar-refractivity contribution is -0.270. The molecule has 0 radical (unpaired) electrons. The van der Waals surface area contributed by atoms with Crippen molar-refractivity contribution in [2.75, 3.05) is 20.2 Å².